The van der Waals surface area contributed by atoms with E-state index in [-0.39, 0.29) is 6.61 Å². The van der Waals surface area contributed by atoms with Crippen molar-refractivity contribution >= 4 is 0 Å². The summed E-state index contributed by atoms with van der Waals surface area (Å²) in [6, 6.07) is 0. The van der Waals surface area contributed by atoms with Gasteiger partial charge in [-0.05, 0) is 43.4 Å². The summed E-state index contributed by atoms with van der Waals surface area (Å²) in [5, 5.41) is 18.2. The van der Waals surface area contributed by atoms with E-state index < -0.39 is 6.10 Å². The Labute approximate surface area is 174 Å². The molecule has 1 atom stereocenters. The monoisotopic (exact) mass is 386 g/mol. The molecule has 2 nitrogen and oxygen atoms in total. The summed E-state index contributed by atoms with van der Waals surface area (Å²) in [5.74, 6) is 17.7. The van der Waals surface area contributed by atoms with E-state index in [1.807, 2.05) is 0 Å². The smallest absolute Gasteiger partial charge is 0.115 e. The highest BCUT2D eigenvalue weighted by Crippen LogP contribution is 2.11. The number of aliphatic hydroxyl groups is 2. The van der Waals surface area contributed by atoms with Gasteiger partial charge in [0.05, 0.1) is 0 Å². The zero-order chi connectivity index (χ0) is 20.7. The lowest BCUT2D eigenvalue weighted by molar-refractivity contribution is 0.217. The molecule has 0 aliphatic carbocycles. The van der Waals surface area contributed by atoms with Crippen LogP contribution >= 0.6 is 0 Å². The molecule has 0 spiro atoms. The minimum Gasteiger partial charge on any atom is -0.384 e. The van der Waals surface area contributed by atoms with Gasteiger partial charge in [0.1, 0.15) is 12.7 Å². The highest BCUT2D eigenvalue weighted by Gasteiger charge is 1.98. The molecule has 0 bridgehead atoms. The van der Waals surface area contributed by atoms with E-state index >= 15 is 0 Å². The van der Waals surface area contributed by atoms with Crippen LogP contribution in [0.25, 0.3) is 0 Å². The van der Waals surface area contributed by atoms with Gasteiger partial charge in [-0.3, -0.25) is 0 Å². The molecule has 0 saturated carbocycles. The molecule has 0 saturated heterocycles. The van der Waals surface area contributed by atoms with Gasteiger partial charge in [-0.15, -0.1) is 11.8 Å². The lowest BCUT2D eigenvalue weighted by Gasteiger charge is -2.03. The molecule has 28 heavy (non-hydrogen) atoms. The molecular formula is C26H42O2. The molecule has 2 N–H and O–H groups in total. The average Bonchev–Trinajstić information content (AvgIpc) is 2.67. The van der Waals surface area contributed by atoms with E-state index in [1.54, 1.807) is 0 Å². The molecule has 0 fully saturated rings. The first-order valence-electron chi connectivity index (χ1n) is 11.4. The van der Waals surface area contributed by atoms with Crippen LogP contribution in [0.2, 0.25) is 0 Å². The summed E-state index contributed by atoms with van der Waals surface area (Å²) in [5.41, 5.74) is 0. The van der Waals surface area contributed by atoms with Crippen molar-refractivity contribution in [3.63, 3.8) is 0 Å². The Morgan fingerprint density at radius 1 is 0.607 bits per heavy atom. The summed E-state index contributed by atoms with van der Waals surface area (Å²) in [6.07, 6.45) is 17.4. The van der Waals surface area contributed by atoms with E-state index in [1.165, 1.54) is 64.2 Å². The number of aliphatic hydroxyl groups excluding tert-OH is 2. The maximum absolute atomic E-state index is 9.67. The van der Waals surface area contributed by atoms with E-state index in [2.05, 4.69) is 49.4 Å². The van der Waals surface area contributed by atoms with Crippen LogP contribution in [-0.2, 0) is 0 Å². The Morgan fingerprint density at radius 3 is 1.64 bits per heavy atom. The minimum absolute atomic E-state index is 0.184. The van der Waals surface area contributed by atoms with E-state index in [0.717, 1.165) is 31.6 Å². The van der Waals surface area contributed by atoms with Crippen LogP contribution in [0, 0.1) is 41.4 Å². The van der Waals surface area contributed by atoms with Crippen molar-refractivity contribution in [3.8, 4) is 35.5 Å². The highest BCUT2D eigenvalue weighted by molar-refractivity contribution is 5.27. The van der Waals surface area contributed by atoms with Crippen LogP contribution in [0.4, 0.5) is 0 Å². The van der Waals surface area contributed by atoms with E-state index in [0.29, 0.717) is 6.42 Å². The van der Waals surface area contributed by atoms with Gasteiger partial charge in [0.2, 0.25) is 0 Å². The van der Waals surface area contributed by atoms with E-state index in [9.17, 15) is 5.11 Å². The van der Waals surface area contributed by atoms with Crippen LogP contribution in [0.3, 0.4) is 0 Å². The zero-order valence-electron chi connectivity index (χ0n) is 18.4. The fraction of sp³-hybridized carbons (Fsp3) is 0.769. The SMILES string of the molecule is CC(C)CCCCCCC#CCCCCCCCCC[C@H](O)C#CC#CCO. The van der Waals surface area contributed by atoms with E-state index in [4.69, 9.17) is 5.11 Å². The van der Waals surface area contributed by atoms with Crippen molar-refractivity contribution in [2.75, 3.05) is 6.61 Å². The van der Waals surface area contributed by atoms with Crippen molar-refractivity contribution < 1.29 is 10.2 Å². The summed E-state index contributed by atoms with van der Waals surface area (Å²) in [4.78, 5) is 0. The van der Waals surface area contributed by atoms with Gasteiger partial charge >= 0.3 is 0 Å². The Hall–Kier alpha value is -1.40. The average molecular weight is 387 g/mol. The molecular weight excluding hydrogens is 344 g/mol. The largest absolute Gasteiger partial charge is 0.384 e. The lowest BCUT2D eigenvalue weighted by Crippen LogP contribution is -2.01. The summed E-state index contributed by atoms with van der Waals surface area (Å²) in [7, 11) is 0. The topological polar surface area (TPSA) is 40.5 Å². The standard InChI is InChI=1S/C26H42O2/c1-25(2)21-17-14-12-10-8-6-4-3-5-7-9-11-13-15-18-22-26(28)23-19-16-20-24-27/h25-28H,3,5,7-15,17-18,21-22,24H2,1-2H3/t26-/m0/s1. The first-order valence-corrected chi connectivity index (χ1v) is 11.4. The molecule has 0 aliphatic rings. The predicted octanol–water partition coefficient (Wildman–Crippen LogP) is 5.86. The third-order valence-corrected chi connectivity index (χ3v) is 4.71. The second-order valence-corrected chi connectivity index (χ2v) is 7.96. The van der Waals surface area contributed by atoms with Gasteiger partial charge in [0, 0.05) is 12.8 Å². The zero-order valence-corrected chi connectivity index (χ0v) is 18.4. The summed E-state index contributed by atoms with van der Waals surface area (Å²) in [6.45, 7) is 4.41. The minimum atomic E-state index is -0.591. The van der Waals surface area contributed by atoms with Gasteiger partial charge in [-0.1, -0.05) is 83.5 Å². The van der Waals surface area contributed by atoms with Gasteiger partial charge in [-0.2, -0.15) is 0 Å². The molecule has 0 radical (unpaired) electrons. The first-order chi connectivity index (χ1) is 13.7. The third-order valence-electron chi connectivity index (χ3n) is 4.71. The van der Waals surface area contributed by atoms with Gasteiger partial charge in [0.15, 0.2) is 0 Å². The molecule has 0 aromatic heterocycles. The van der Waals surface area contributed by atoms with Crippen molar-refractivity contribution in [3.05, 3.63) is 0 Å². The van der Waals surface area contributed by atoms with Crippen molar-refractivity contribution in [2.45, 2.75) is 116 Å². The van der Waals surface area contributed by atoms with Crippen molar-refractivity contribution in [1.82, 2.24) is 0 Å². The number of hydrogen-bond donors (Lipinski definition) is 2. The molecule has 158 valence electrons. The lowest BCUT2D eigenvalue weighted by atomic mass is 10.0. The molecule has 0 amide bonds. The molecule has 0 heterocycles. The van der Waals surface area contributed by atoms with Crippen LogP contribution in [0.15, 0.2) is 0 Å². The highest BCUT2D eigenvalue weighted by atomic mass is 16.3. The second-order valence-electron chi connectivity index (χ2n) is 7.96. The van der Waals surface area contributed by atoms with Crippen LogP contribution < -0.4 is 0 Å². The third kappa shape index (κ3) is 22.6. The normalized spacial score (nSPS) is 11.0. The maximum atomic E-state index is 9.67. The Kier molecular flexibility index (Phi) is 20.8. The number of hydrogen-bond acceptors (Lipinski definition) is 2. The molecule has 0 rings (SSSR count). The Morgan fingerprint density at radius 2 is 1.11 bits per heavy atom. The second kappa shape index (κ2) is 21.9. The Balaban J connectivity index is 3.30. The maximum Gasteiger partial charge on any atom is 0.115 e. The van der Waals surface area contributed by atoms with Gasteiger partial charge < -0.3 is 10.2 Å². The quantitative estimate of drug-likeness (QED) is 0.273. The van der Waals surface area contributed by atoms with Crippen molar-refractivity contribution in [1.29, 1.82) is 0 Å². The van der Waals surface area contributed by atoms with Crippen LogP contribution in [-0.4, -0.2) is 22.9 Å². The molecule has 2 heteroatoms. The number of unbranched alkanes of at least 4 members (excludes halogenated alkanes) is 11. The number of rotatable bonds is 15. The first kappa shape index (κ1) is 26.6. The van der Waals surface area contributed by atoms with Crippen LogP contribution in [0.1, 0.15) is 110 Å². The fourth-order valence-electron chi connectivity index (χ4n) is 3.01. The molecule has 0 aromatic carbocycles. The summed E-state index contributed by atoms with van der Waals surface area (Å²) < 4.78 is 0. The molecule has 0 unspecified atom stereocenters. The fourth-order valence-corrected chi connectivity index (χ4v) is 3.01. The van der Waals surface area contributed by atoms with Gasteiger partial charge in [0.25, 0.3) is 0 Å². The summed E-state index contributed by atoms with van der Waals surface area (Å²) >= 11 is 0. The Bertz CT molecular complexity index is 516. The van der Waals surface area contributed by atoms with Crippen LogP contribution in [0.5, 0.6) is 0 Å². The van der Waals surface area contributed by atoms with Crippen molar-refractivity contribution in [2.24, 2.45) is 5.92 Å². The molecule has 0 aliphatic heterocycles. The predicted molar refractivity (Wildman–Crippen MR) is 121 cm³/mol. The molecule has 0 aromatic rings. The van der Waals surface area contributed by atoms with Gasteiger partial charge in [-0.25, -0.2) is 0 Å².